The van der Waals surface area contributed by atoms with E-state index in [1.807, 2.05) is 18.2 Å². The molecule has 0 unspecified atom stereocenters. The fraction of sp³-hybridized carbons (Fsp3) is 0.500. The van der Waals surface area contributed by atoms with Gasteiger partial charge in [-0.05, 0) is 24.1 Å². The predicted molar refractivity (Wildman–Crippen MR) is 83.0 cm³/mol. The Morgan fingerprint density at radius 3 is 2.89 bits per heavy atom. The number of thiazole rings is 1. The first kappa shape index (κ1) is 14.1. The van der Waals surface area contributed by atoms with Gasteiger partial charge in [0.1, 0.15) is 0 Å². The first-order chi connectivity index (χ1) is 9.10. The highest BCUT2D eigenvalue weighted by Gasteiger charge is 2.13. The number of methoxy groups -OCH3 is 1. The third kappa shape index (κ3) is 3.58. The first-order valence-electron chi connectivity index (χ1n) is 6.50. The average molecular weight is 279 g/mol. The molecule has 0 amide bonds. The largest absolute Gasteiger partial charge is 0.399 e. The fourth-order valence-electron chi connectivity index (χ4n) is 1.97. The summed E-state index contributed by atoms with van der Waals surface area (Å²) < 4.78 is 6.32. The number of hydrogen-bond donors (Lipinski definition) is 1. The molecule has 0 radical (unpaired) electrons. The molecule has 2 aromatic rings. The normalized spacial score (nSPS) is 11.4. The predicted octanol–water partition coefficient (Wildman–Crippen LogP) is 2.99. The van der Waals surface area contributed by atoms with Crippen LogP contribution in [0.3, 0.4) is 0 Å². The van der Waals surface area contributed by atoms with Gasteiger partial charge in [0.05, 0.1) is 16.8 Å². The van der Waals surface area contributed by atoms with E-state index < -0.39 is 0 Å². The summed E-state index contributed by atoms with van der Waals surface area (Å²) in [6.45, 7) is 6.99. The number of anilines is 2. The summed E-state index contributed by atoms with van der Waals surface area (Å²) in [5.41, 5.74) is 7.62. The van der Waals surface area contributed by atoms with Gasteiger partial charge in [0.15, 0.2) is 5.13 Å². The van der Waals surface area contributed by atoms with Crippen LogP contribution in [0.2, 0.25) is 0 Å². The van der Waals surface area contributed by atoms with Gasteiger partial charge in [0.2, 0.25) is 0 Å². The Kier molecular flexibility index (Phi) is 4.61. The van der Waals surface area contributed by atoms with Gasteiger partial charge in [-0.25, -0.2) is 4.98 Å². The second-order valence-electron chi connectivity index (χ2n) is 5.06. The molecule has 0 aliphatic carbocycles. The minimum atomic E-state index is 0.592. The van der Waals surface area contributed by atoms with E-state index in [4.69, 9.17) is 15.5 Å². The number of ether oxygens (including phenoxy) is 1. The third-order valence-electron chi connectivity index (χ3n) is 2.82. The highest BCUT2D eigenvalue weighted by molar-refractivity contribution is 7.22. The molecule has 0 bridgehead atoms. The molecule has 1 heterocycles. The molecule has 2 N–H and O–H groups in total. The number of nitrogens with two attached hydrogens (primary N) is 1. The van der Waals surface area contributed by atoms with Crippen LogP contribution in [0.15, 0.2) is 18.2 Å². The van der Waals surface area contributed by atoms with E-state index in [0.717, 1.165) is 34.1 Å². The van der Waals surface area contributed by atoms with Crippen molar-refractivity contribution in [2.45, 2.75) is 13.8 Å². The van der Waals surface area contributed by atoms with Crippen molar-refractivity contribution in [1.29, 1.82) is 0 Å². The molecule has 2 rings (SSSR count). The molecule has 1 aromatic carbocycles. The lowest BCUT2D eigenvalue weighted by Crippen LogP contribution is -2.30. The Hall–Kier alpha value is -1.33. The monoisotopic (exact) mass is 279 g/mol. The van der Waals surface area contributed by atoms with Crippen LogP contribution in [0.1, 0.15) is 13.8 Å². The molecule has 0 atom stereocenters. The Morgan fingerprint density at radius 1 is 1.42 bits per heavy atom. The van der Waals surface area contributed by atoms with Crippen LogP contribution in [0.4, 0.5) is 10.8 Å². The van der Waals surface area contributed by atoms with Crippen LogP contribution in [0.5, 0.6) is 0 Å². The topological polar surface area (TPSA) is 51.4 Å². The summed E-state index contributed by atoms with van der Waals surface area (Å²) in [5.74, 6) is 0.592. The van der Waals surface area contributed by atoms with Crippen LogP contribution in [-0.4, -0.2) is 31.8 Å². The van der Waals surface area contributed by atoms with Crippen LogP contribution in [0, 0.1) is 5.92 Å². The molecule has 19 heavy (non-hydrogen) atoms. The summed E-state index contributed by atoms with van der Waals surface area (Å²) in [5, 5.41) is 1.05. The lowest BCUT2D eigenvalue weighted by Gasteiger charge is -2.23. The van der Waals surface area contributed by atoms with E-state index in [0.29, 0.717) is 12.5 Å². The summed E-state index contributed by atoms with van der Waals surface area (Å²) in [4.78, 5) is 6.98. The van der Waals surface area contributed by atoms with Crippen molar-refractivity contribution in [2.75, 3.05) is 37.4 Å². The maximum atomic E-state index is 5.82. The highest BCUT2D eigenvalue weighted by Crippen LogP contribution is 2.30. The van der Waals surface area contributed by atoms with Gasteiger partial charge in [0, 0.05) is 25.9 Å². The van der Waals surface area contributed by atoms with Crippen LogP contribution in [0.25, 0.3) is 10.2 Å². The number of nitrogens with zero attached hydrogens (tertiary/aromatic N) is 2. The van der Waals surface area contributed by atoms with E-state index >= 15 is 0 Å². The third-order valence-corrected chi connectivity index (χ3v) is 3.90. The standard InChI is InChI=1S/C14H21N3OS/c1-10(2)9-17(6-7-18-3)14-16-12-5-4-11(15)8-13(12)19-14/h4-5,8,10H,6-7,9,15H2,1-3H3. The van der Waals surface area contributed by atoms with Gasteiger partial charge < -0.3 is 15.4 Å². The van der Waals surface area contributed by atoms with Crippen molar-refractivity contribution in [3.63, 3.8) is 0 Å². The maximum Gasteiger partial charge on any atom is 0.186 e. The summed E-state index contributed by atoms with van der Waals surface area (Å²) in [6.07, 6.45) is 0. The van der Waals surface area contributed by atoms with Gasteiger partial charge in [-0.15, -0.1) is 0 Å². The van der Waals surface area contributed by atoms with Gasteiger partial charge in [0.25, 0.3) is 0 Å². The number of fused-ring (bicyclic) bond motifs is 1. The molecule has 0 aliphatic rings. The number of rotatable bonds is 6. The van der Waals surface area contributed by atoms with Crippen molar-refractivity contribution in [3.05, 3.63) is 18.2 Å². The van der Waals surface area contributed by atoms with E-state index in [-0.39, 0.29) is 0 Å². The second kappa shape index (κ2) is 6.21. The molecule has 104 valence electrons. The molecule has 0 fully saturated rings. The number of benzene rings is 1. The van der Waals surface area contributed by atoms with Gasteiger partial charge >= 0.3 is 0 Å². The van der Waals surface area contributed by atoms with E-state index in [1.165, 1.54) is 0 Å². The SMILES string of the molecule is COCCN(CC(C)C)c1nc2ccc(N)cc2s1. The number of hydrogen-bond acceptors (Lipinski definition) is 5. The Balaban J connectivity index is 2.26. The molecule has 0 saturated carbocycles. The van der Waals surface area contributed by atoms with Crippen molar-refractivity contribution < 1.29 is 4.74 Å². The van der Waals surface area contributed by atoms with Crippen molar-refractivity contribution in [2.24, 2.45) is 5.92 Å². The maximum absolute atomic E-state index is 5.82. The zero-order valence-corrected chi connectivity index (χ0v) is 12.5. The Labute approximate surface area is 118 Å². The summed E-state index contributed by atoms with van der Waals surface area (Å²) >= 11 is 1.69. The Bertz CT molecular complexity index is 538. The van der Waals surface area contributed by atoms with Gasteiger partial charge in [-0.1, -0.05) is 25.2 Å². The van der Waals surface area contributed by atoms with Gasteiger partial charge in [-0.3, -0.25) is 0 Å². The lowest BCUT2D eigenvalue weighted by molar-refractivity contribution is 0.204. The van der Waals surface area contributed by atoms with E-state index in [2.05, 4.69) is 18.7 Å². The van der Waals surface area contributed by atoms with E-state index in [1.54, 1.807) is 18.4 Å². The smallest absolute Gasteiger partial charge is 0.186 e. The van der Waals surface area contributed by atoms with E-state index in [9.17, 15) is 0 Å². The lowest BCUT2D eigenvalue weighted by atomic mass is 10.2. The zero-order chi connectivity index (χ0) is 13.8. The molecular weight excluding hydrogens is 258 g/mol. The minimum Gasteiger partial charge on any atom is -0.399 e. The Morgan fingerprint density at radius 2 is 2.21 bits per heavy atom. The van der Waals surface area contributed by atoms with Crippen molar-refractivity contribution in [3.8, 4) is 0 Å². The molecule has 4 nitrogen and oxygen atoms in total. The number of nitrogen functional groups attached to an aromatic ring is 1. The second-order valence-corrected chi connectivity index (χ2v) is 6.07. The summed E-state index contributed by atoms with van der Waals surface area (Å²) in [7, 11) is 1.73. The van der Waals surface area contributed by atoms with Crippen molar-refractivity contribution >= 4 is 32.4 Å². The molecule has 1 aromatic heterocycles. The van der Waals surface area contributed by atoms with Crippen LogP contribution < -0.4 is 10.6 Å². The molecule has 0 saturated heterocycles. The quantitative estimate of drug-likeness (QED) is 0.826. The van der Waals surface area contributed by atoms with Crippen molar-refractivity contribution in [1.82, 2.24) is 4.98 Å². The molecular formula is C14H21N3OS. The first-order valence-corrected chi connectivity index (χ1v) is 7.31. The molecule has 5 heteroatoms. The minimum absolute atomic E-state index is 0.592. The molecule has 0 spiro atoms. The zero-order valence-electron chi connectivity index (χ0n) is 11.7. The molecule has 0 aliphatic heterocycles. The fourth-order valence-corrected chi connectivity index (χ4v) is 3.02. The summed E-state index contributed by atoms with van der Waals surface area (Å²) in [6, 6.07) is 5.86. The van der Waals surface area contributed by atoms with Crippen LogP contribution in [-0.2, 0) is 4.74 Å². The van der Waals surface area contributed by atoms with Gasteiger partial charge in [-0.2, -0.15) is 0 Å². The highest BCUT2D eigenvalue weighted by atomic mass is 32.1. The average Bonchev–Trinajstić information content (AvgIpc) is 2.76. The van der Waals surface area contributed by atoms with Crippen LogP contribution >= 0.6 is 11.3 Å². The number of aromatic nitrogens is 1.